The Morgan fingerprint density at radius 3 is 2.35 bits per heavy atom. The highest BCUT2D eigenvalue weighted by molar-refractivity contribution is 7.91. The lowest BCUT2D eigenvalue weighted by Crippen LogP contribution is -2.20. The third-order valence-electron chi connectivity index (χ3n) is 2.97. The molecule has 1 heterocycles. The topological polar surface area (TPSA) is 71.4 Å². The van der Waals surface area contributed by atoms with Crippen molar-refractivity contribution in [2.45, 2.75) is 5.92 Å². The zero-order chi connectivity index (χ0) is 12.6. The minimum absolute atomic E-state index is 0.185. The van der Waals surface area contributed by atoms with Gasteiger partial charge in [-0.25, -0.2) is 12.8 Å². The van der Waals surface area contributed by atoms with Crippen LogP contribution in [0.25, 0.3) is 0 Å². The molecule has 92 valence electrons. The molecular weight excluding hydrogens is 247 g/mol. The van der Waals surface area contributed by atoms with Gasteiger partial charge in [-0.15, -0.1) is 0 Å². The molecule has 1 saturated heterocycles. The van der Waals surface area contributed by atoms with Crippen LogP contribution in [0, 0.1) is 11.7 Å². The predicted octanol–water partition coefficient (Wildman–Crippen LogP) is 1.04. The summed E-state index contributed by atoms with van der Waals surface area (Å²) >= 11 is 0. The van der Waals surface area contributed by atoms with E-state index in [0.717, 1.165) is 0 Å². The molecule has 1 aliphatic rings. The van der Waals surface area contributed by atoms with Crippen LogP contribution in [0.3, 0.4) is 0 Å². The number of hydrogen-bond acceptors (Lipinski definition) is 3. The number of aliphatic carboxylic acids is 1. The summed E-state index contributed by atoms with van der Waals surface area (Å²) in [5.74, 6) is -3.61. The summed E-state index contributed by atoms with van der Waals surface area (Å²) in [4.78, 5) is 11.0. The van der Waals surface area contributed by atoms with Crippen LogP contribution in [-0.2, 0) is 14.6 Å². The summed E-state index contributed by atoms with van der Waals surface area (Å²) in [6.45, 7) is 0. The Labute approximate surface area is 98.0 Å². The first-order valence-corrected chi connectivity index (χ1v) is 6.90. The summed E-state index contributed by atoms with van der Waals surface area (Å²) in [5.41, 5.74) is 0.555. The molecule has 1 aromatic rings. The van der Waals surface area contributed by atoms with Gasteiger partial charge < -0.3 is 5.11 Å². The quantitative estimate of drug-likeness (QED) is 0.860. The van der Waals surface area contributed by atoms with Gasteiger partial charge in [0.05, 0.1) is 17.4 Å². The van der Waals surface area contributed by atoms with Crippen molar-refractivity contribution in [1.29, 1.82) is 0 Å². The Morgan fingerprint density at radius 2 is 1.82 bits per heavy atom. The van der Waals surface area contributed by atoms with E-state index in [9.17, 15) is 17.6 Å². The molecule has 17 heavy (non-hydrogen) atoms. The van der Waals surface area contributed by atoms with E-state index < -0.39 is 33.5 Å². The third kappa shape index (κ3) is 2.46. The third-order valence-corrected chi connectivity index (χ3v) is 4.70. The molecular formula is C11H11FO4S. The van der Waals surface area contributed by atoms with E-state index >= 15 is 0 Å². The van der Waals surface area contributed by atoms with E-state index in [1.165, 1.54) is 24.3 Å². The lowest BCUT2D eigenvalue weighted by molar-refractivity contribution is -0.141. The second-order valence-corrected chi connectivity index (χ2v) is 6.33. The van der Waals surface area contributed by atoms with Gasteiger partial charge in [0.15, 0.2) is 9.84 Å². The molecule has 0 radical (unpaired) electrons. The number of benzene rings is 1. The number of carboxylic acids is 1. The standard InChI is InChI=1S/C11H11FO4S/c12-8-3-1-7(2-4-8)9-5-17(15,16)6-10(9)11(13)14/h1-4,9-10H,5-6H2,(H,13,14). The first kappa shape index (κ1) is 12.0. The van der Waals surface area contributed by atoms with E-state index in [-0.39, 0.29) is 11.5 Å². The van der Waals surface area contributed by atoms with Crippen molar-refractivity contribution in [1.82, 2.24) is 0 Å². The number of sulfone groups is 1. The van der Waals surface area contributed by atoms with E-state index in [1.807, 2.05) is 0 Å². The molecule has 0 aliphatic carbocycles. The number of rotatable bonds is 2. The number of hydrogen-bond donors (Lipinski definition) is 1. The van der Waals surface area contributed by atoms with Crippen molar-refractivity contribution in [3.05, 3.63) is 35.6 Å². The van der Waals surface area contributed by atoms with E-state index in [1.54, 1.807) is 0 Å². The minimum Gasteiger partial charge on any atom is -0.481 e. The molecule has 0 saturated carbocycles. The Kier molecular flexibility index (Phi) is 2.91. The molecule has 4 nitrogen and oxygen atoms in total. The fraction of sp³-hybridized carbons (Fsp3) is 0.364. The molecule has 1 aliphatic heterocycles. The molecule has 6 heteroatoms. The fourth-order valence-corrected chi connectivity index (χ4v) is 4.16. The Hall–Kier alpha value is -1.43. The van der Waals surface area contributed by atoms with E-state index in [0.29, 0.717) is 5.56 Å². The highest BCUT2D eigenvalue weighted by Crippen LogP contribution is 2.34. The van der Waals surface area contributed by atoms with Crippen molar-refractivity contribution >= 4 is 15.8 Å². The second-order valence-electron chi connectivity index (χ2n) is 4.18. The van der Waals surface area contributed by atoms with Gasteiger partial charge in [-0.3, -0.25) is 4.79 Å². The highest BCUT2D eigenvalue weighted by atomic mass is 32.2. The molecule has 0 amide bonds. The van der Waals surface area contributed by atoms with Gasteiger partial charge in [-0.2, -0.15) is 0 Å². The highest BCUT2D eigenvalue weighted by Gasteiger charge is 2.42. The zero-order valence-electron chi connectivity index (χ0n) is 8.84. The maximum absolute atomic E-state index is 12.7. The lowest BCUT2D eigenvalue weighted by atomic mass is 9.89. The molecule has 1 aromatic carbocycles. The smallest absolute Gasteiger partial charge is 0.308 e. The van der Waals surface area contributed by atoms with Gasteiger partial charge in [0, 0.05) is 5.92 Å². The molecule has 1 N–H and O–H groups in total. The lowest BCUT2D eigenvalue weighted by Gasteiger charge is -2.13. The Bertz CT molecular complexity index is 535. The summed E-state index contributed by atoms with van der Waals surface area (Å²) in [7, 11) is -3.32. The van der Waals surface area contributed by atoms with Crippen LogP contribution in [-0.4, -0.2) is 31.0 Å². The Balaban J connectivity index is 2.36. The molecule has 0 bridgehead atoms. The molecule has 1 fully saturated rings. The first-order chi connectivity index (χ1) is 7.89. The average molecular weight is 258 g/mol. The second kappa shape index (κ2) is 4.10. The van der Waals surface area contributed by atoms with Crippen LogP contribution >= 0.6 is 0 Å². The maximum atomic E-state index is 12.7. The monoisotopic (exact) mass is 258 g/mol. The van der Waals surface area contributed by atoms with Crippen molar-refractivity contribution in [2.24, 2.45) is 5.92 Å². The number of halogens is 1. The molecule has 2 rings (SSSR count). The van der Waals surface area contributed by atoms with Crippen molar-refractivity contribution in [2.75, 3.05) is 11.5 Å². The maximum Gasteiger partial charge on any atom is 0.308 e. The van der Waals surface area contributed by atoms with Gasteiger partial charge in [-0.1, -0.05) is 12.1 Å². The zero-order valence-corrected chi connectivity index (χ0v) is 9.65. The fourth-order valence-electron chi connectivity index (χ4n) is 2.13. The molecule has 0 spiro atoms. The SMILES string of the molecule is O=C(O)C1CS(=O)(=O)CC1c1ccc(F)cc1. The van der Waals surface area contributed by atoms with Gasteiger partial charge >= 0.3 is 5.97 Å². The number of carbonyl (C=O) groups is 1. The van der Waals surface area contributed by atoms with Gasteiger partial charge in [0.1, 0.15) is 5.82 Å². The molecule has 0 aromatic heterocycles. The summed E-state index contributed by atoms with van der Waals surface area (Å²) < 4.78 is 35.7. The minimum atomic E-state index is -3.32. The van der Waals surface area contributed by atoms with Crippen LogP contribution < -0.4 is 0 Å². The molecule has 2 atom stereocenters. The van der Waals surface area contributed by atoms with Gasteiger partial charge in [-0.05, 0) is 17.7 Å². The van der Waals surface area contributed by atoms with Crippen molar-refractivity contribution < 1.29 is 22.7 Å². The van der Waals surface area contributed by atoms with E-state index in [4.69, 9.17) is 5.11 Å². The van der Waals surface area contributed by atoms with Crippen LogP contribution in [0.5, 0.6) is 0 Å². The Morgan fingerprint density at radius 1 is 1.24 bits per heavy atom. The van der Waals surface area contributed by atoms with Gasteiger partial charge in [0.25, 0.3) is 0 Å². The van der Waals surface area contributed by atoms with Crippen LogP contribution in [0.1, 0.15) is 11.5 Å². The summed E-state index contributed by atoms with van der Waals surface area (Å²) in [6.07, 6.45) is 0. The van der Waals surface area contributed by atoms with Crippen molar-refractivity contribution in [3.8, 4) is 0 Å². The van der Waals surface area contributed by atoms with Crippen molar-refractivity contribution in [3.63, 3.8) is 0 Å². The normalized spacial score (nSPS) is 26.9. The number of carboxylic acid groups (broad SMARTS) is 1. The van der Waals surface area contributed by atoms with E-state index in [2.05, 4.69) is 0 Å². The predicted molar refractivity (Wildman–Crippen MR) is 58.9 cm³/mol. The van der Waals surface area contributed by atoms with Gasteiger partial charge in [0.2, 0.25) is 0 Å². The summed E-state index contributed by atoms with van der Waals surface area (Å²) in [5, 5.41) is 8.99. The van der Waals surface area contributed by atoms with Crippen LogP contribution in [0.4, 0.5) is 4.39 Å². The largest absolute Gasteiger partial charge is 0.481 e. The first-order valence-electron chi connectivity index (χ1n) is 5.08. The van der Waals surface area contributed by atoms with Crippen LogP contribution in [0.2, 0.25) is 0 Å². The van der Waals surface area contributed by atoms with Crippen LogP contribution in [0.15, 0.2) is 24.3 Å². The summed E-state index contributed by atoms with van der Waals surface area (Å²) in [6, 6.07) is 5.30. The molecule has 2 unspecified atom stereocenters. The average Bonchev–Trinajstić information content (AvgIpc) is 2.56.